The average Bonchev–Trinajstić information content (AvgIpc) is 2.27. The van der Waals surface area contributed by atoms with E-state index in [-0.39, 0.29) is 16.7 Å². The Morgan fingerprint density at radius 1 is 1.31 bits per heavy atom. The van der Waals surface area contributed by atoms with Crippen LogP contribution in [0.2, 0.25) is 0 Å². The van der Waals surface area contributed by atoms with E-state index in [0.29, 0.717) is 0 Å². The molecule has 0 spiro atoms. The quantitative estimate of drug-likeness (QED) is 0.877. The molecule has 1 unspecified atom stereocenters. The van der Waals surface area contributed by atoms with Crippen molar-refractivity contribution in [2.45, 2.75) is 31.2 Å². The Morgan fingerprint density at radius 2 is 1.81 bits per heavy atom. The van der Waals surface area contributed by atoms with E-state index in [0.717, 1.165) is 6.42 Å². The molecule has 0 fully saturated rings. The summed E-state index contributed by atoms with van der Waals surface area (Å²) >= 11 is 0. The number of phenolic OH excluding ortho intramolecular Hbond substituents is 1. The lowest BCUT2D eigenvalue weighted by Gasteiger charge is -2.23. The maximum Gasteiger partial charge on any atom is 0.243 e. The first kappa shape index (κ1) is 13.0. The molecule has 5 heteroatoms. The van der Waals surface area contributed by atoms with Gasteiger partial charge in [0, 0.05) is 13.1 Å². The van der Waals surface area contributed by atoms with Crippen LogP contribution in [0.1, 0.15) is 20.3 Å². The molecule has 0 radical (unpaired) electrons. The third-order valence-electron chi connectivity index (χ3n) is 2.73. The van der Waals surface area contributed by atoms with Crippen molar-refractivity contribution in [2.24, 2.45) is 0 Å². The fourth-order valence-electron chi connectivity index (χ4n) is 1.28. The van der Waals surface area contributed by atoms with Gasteiger partial charge in [0.05, 0.1) is 4.90 Å². The highest BCUT2D eigenvalue weighted by molar-refractivity contribution is 7.89. The fourth-order valence-corrected chi connectivity index (χ4v) is 2.71. The van der Waals surface area contributed by atoms with Gasteiger partial charge < -0.3 is 5.11 Å². The van der Waals surface area contributed by atoms with Crippen LogP contribution < -0.4 is 0 Å². The van der Waals surface area contributed by atoms with Crippen LogP contribution >= 0.6 is 0 Å². The van der Waals surface area contributed by atoms with Gasteiger partial charge in [-0.25, -0.2) is 8.42 Å². The fraction of sp³-hybridized carbons (Fsp3) is 0.455. The minimum Gasteiger partial charge on any atom is -0.508 e. The Bertz CT molecular complexity index is 439. The van der Waals surface area contributed by atoms with E-state index in [9.17, 15) is 8.42 Å². The maximum absolute atomic E-state index is 12.1. The molecule has 16 heavy (non-hydrogen) atoms. The molecule has 0 aromatic heterocycles. The zero-order valence-electron chi connectivity index (χ0n) is 9.71. The van der Waals surface area contributed by atoms with E-state index in [1.807, 2.05) is 13.8 Å². The molecule has 1 aromatic rings. The minimum absolute atomic E-state index is 0.0428. The zero-order valence-corrected chi connectivity index (χ0v) is 10.5. The lowest BCUT2D eigenvalue weighted by Crippen LogP contribution is -2.34. The molecule has 0 saturated heterocycles. The number of hydrogen-bond acceptors (Lipinski definition) is 3. The summed E-state index contributed by atoms with van der Waals surface area (Å²) in [5.74, 6) is 0.0603. The van der Waals surface area contributed by atoms with Gasteiger partial charge in [0.25, 0.3) is 0 Å². The maximum atomic E-state index is 12.1. The summed E-state index contributed by atoms with van der Waals surface area (Å²) in [6.07, 6.45) is 0.758. The minimum atomic E-state index is -3.44. The number of phenols is 1. The van der Waals surface area contributed by atoms with Crippen LogP contribution in [-0.4, -0.2) is 30.9 Å². The number of sulfonamides is 1. The second-order valence-corrected chi connectivity index (χ2v) is 5.77. The second kappa shape index (κ2) is 4.84. The van der Waals surface area contributed by atoms with Gasteiger partial charge in [-0.1, -0.05) is 6.92 Å². The molecule has 1 N–H and O–H groups in total. The number of aromatic hydroxyl groups is 1. The first-order valence-corrected chi connectivity index (χ1v) is 6.60. The van der Waals surface area contributed by atoms with Crippen LogP contribution in [0.4, 0.5) is 0 Å². The molecule has 0 bridgehead atoms. The van der Waals surface area contributed by atoms with Gasteiger partial charge in [0.2, 0.25) is 10.0 Å². The lowest BCUT2D eigenvalue weighted by molar-refractivity contribution is 0.380. The third-order valence-corrected chi connectivity index (χ3v) is 4.71. The number of benzene rings is 1. The summed E-state index contributed by atoms with van der Waals surface area (Å²) < 4.78 is 25.5. The van der Waals surface area contributed by atoms with Gasteiger partial charge in [0.15, 0.2) is 0 Å². The second-order valence-electron chi connectivity index (χ2n) is 3.77. The van der Waals surface area contributed by atoms with Gasteiger partial charge in [-0.15, -0.1) is 0 Å². The molecule has 0 saturated carbocycles. The van der Waals surface area contributed by atoms with Crippen LogP contribution in [0.5, 0.6) is 5.75 Å². The molecule has 0 aliphatic carbocycles. The molecule has 90 valence electrons. The smallest absolute Gasteiger partial charge is 0.243 e. The Balaban J connectivity index is 3.07. The number of hydrogen-bond donors (Lipinski definition) is 1. The van der Waals surface area contributed by atoms with Crippen LogP contribution in [0.3, 0.4) is 0 Å². The summed E-state index contributed by atoms with van der Waals surface area (Å²) in [6, 6.07) is 5.51. The van der Waals surface area contributed by atoms with E-state index in [1.165, 1.54) is 28.6 Å². The molecule has 1 atom stereocenters. The summed E-state index contributed by atoms with van der Waals surface area (Å²) in [5.41, 5.74) is 0. The van der Waals surface area contributed by atoms with Gasteiger partial charge in [-0.05, 0) is 37.6 Å². The van der Waals surface area contributed by atoms with E-state index in [4.69, 9.17) is 5.11 Å². The topological polar surface area (TPSA) is 57.6 Å². The highest BCUT2D eigenvalue weighted by Gasteiger charge is 2.23. The highest BCUT2D eigenvalue weighted by Crippen LogP contribution is 2.19. The lowest BCUT2D eigenvalue weighted by atomic mass is 10.3. The monoisotopic (exact) mass is 243 g/mol. The van der Waals surface area contributed by atoms with Crippen molar-refractivity contribution in [3.63, 3.8) is 0 Å². The van der Waals surface area contributed by atoms with Crippen molar-refractivity contribution in [2.75, 3.05) is 7.05 Å². The average molecular weight is 243 g/mol. The summed E-state index contributed by atoms with van der Waals surface area (Å²) in [5, 5.41) is 9.11. The molecule has 0 aliphatic rings. The molecule has 1 rings (SSSR count). The van der Waals surface area contributed by atoms with Gasteiger partial charge in [0.1, 0.15) is 5.75 Å². The van der Waals surface area contributed by atoms with Crippen LogP contribution in [0.15, 0.2) is 29.2 Å². The SMILES string of the molecule is CCC(C)N(C)S(=O)(=O)c1ccc(O)cc1. The van der Waals surface area contributed by atoms with E-state index >= 15 is 0 Å². The largest absolute Gasteiger partial charge is 0.508 e. The molecule has 0 aliphatic heterocycles. The summed E-state index contributed by atoms with van der Waals surface area (Å²) in [6.45, 7) is 3.80. The Labute approximate surface area is 96.6 Å². The number of rotatable bonds is 4. The molecule has 0 amide bonds. The molecule has 1 aromatic carbocycles. The van der Waals surface area contributed by atoms with Gasteiger partial charge >= 0.3 is 0 Å². The van der Waals surface area contributed by atoms with Gasteiger partial charge in [-0.2, -0.15) is 4.31 Å². The van der Waals surface area contributed by atoms with Crippen LogP contribution in [-0.2, 0) is 10.0 Å². The highest BCUT2D eigenvalue weighted by atomic mass is 32.2. The van der Waals surface area contributed by atoms with Crippen LogP contribution in [0, 0.1) is 0 Å². The van der Waals surface area contributed by atoms with E-state index in [1.54, 1.807) is 7.05 Å². The Hall–Kier alpha value is -1.07. The van der Waals surface area contributed by atoms with Crippen LogP contribution in [0.25, 0.3) is 0 Å². The van der Waals surface area contributed by atoms with E-state index < -0.39 is 10.0 Å². The third kappa shape index (κ3) is 2.54. The molecular weight excluding hydrogens is 226 g/mol. The predicted octanol–water partition coefficient (Wildman–Crippen LogP) is 1.81. The first-order valence-electron chi connectivity index (χ1n) is 5.16. The molecule has 4 nitrogen and oxygen atoms in total. The summed E-state index contributed by atoms with van der Waals surface area (Å²) in [4.78, 5) is 0.202. The Morgan fingerprint density at radius 3 is 2.25 bits per heavy atom. The van der Waals surface area contributed by atoms with E-state index in [2.05, 4.69) is 0 Å². The zero-order chi connectivity index (χ0) is 12.3. The van der Waals surface area contributed by atoms with Crippen molar-refractivity contribution in [1.29, 1.82) is 0 Å². The standard InChI is InChI=1S/C11H17NO3S/c1-4-9(2)12(3)16(14,15)11-7-5-10(13)6-8-11/h5-9,13H,4H2,1-3H3. The number of nitrogens with zero attached hydrogens (tertiary/aromatic N) is 1. The molecule has 0 heterocycles. The summed E-state index contributed by atoms with van der Waals surface area (Å²) in [7, 11) is -1.88. The van der Waals surface area contributed by atoms with Crippen molar-refractivity contribution in [3.8, 4) is 5.75 Å². The predicted molar refractivity (Wildman–Crippen MR) is 62.8 cm³/mol. The van der Waals surface area contributed by atoms with Crippen molar-refractivity contribution < 1.29 is 13.5 Å². The Kier molecular flexibility index (Phi) is 3.93. The molecular formula is C11H17NO3S. The van der Waals surface area contributed by atoms with Crippen molar-refractivity contribution in [1.82, 2.24) is 4.31 Å². The van der Waals surface area contributed by atoms with Crippen molar-refractivity contribution in [3.05, 3.63) is 24.3 Å². The normalized spacial score (nSPS) is 14.0. The van der Waals surface area contributed by atoms with Gasteiger partial charge in [-0.3, -0.25) is 0 Å². The first-order chi connectivity index (χ1) is 7.39. The van der Waals surface area contributed by atoms with Crippen molar-refractivity contribution >= 4 is 10.0 Å².